The minimum absolute atomic E-state index is 0.450. The standard InChI is InChI=1S/C15H26NO2P/c1-13(2)11-16(12-14(3)4)19(17,18-5)15-9-7-6-8-10-15/h6-10,13-14H,11-12H2,1-5H3. The Bertz CT molecular complexity index is 407. The summed E-state index contributed by atoms with van der Waals surface area (Å²) in [6.45, 7) is 10.1. The summed E-state index contributed by atoms with van der Waals surface area (Å²) in [5, 5.41) is 0.777. The molecule has 1 unspecified atom stereocenters. The van der Waals surface area contributed by atoms with E-state index in [1.807, 2.05) is 35.0 Å². The van der Waals surface area contributed by atoms with Crippen LogP contribution in [0.25, 0.3) is 0 Å². The van der Waals surface area contributed by atoms with Gasteiger partial charge in [0.15, 0.2) is 0 Å². The van der Waals surface area contributed by atoms with Crippen molar-refractivity contribution in [1.82, 2.24) is 4.67 Å². The second-order valence-electron chi connectivity index (χ2n) is 5.70. The van der Waals surface area contributed by atoms with Crippen molar-refractivity contribution < 1.29 is 9.09 Å². The number of hydrogen-bond donors (Lipinski definition) is 0. The highest BCUT2D eigenvalue weighted by molar-refractivity contribution is 7.64. The van der Waals surface area contributed by atoms with Crippen LogP contribution >= 0.6 is 7.52 Å². The van der Waals surface area contributed by atoms with E-state index in [1.54, 1.807) is 7.11 Å². The summed E-state index contributed by atoms with van der Waals surface area (Å²) >= 11 is 0. The number of nitrogens with zero attached hydrogens (tertiary/aromatic N) is 1. The van der Waals surface area contributed by atoms with Gasteiger partial charge < -0.3 is 4.52 Å². The maximum absolute atomic E-state index is 13.3. The number of benzene rings is 1. The average molecular weight is 283 g/mol. The van der Waals surface area contributed by atoms with E-state index in [1.165, 1.54) is 0 Å². The predicted octanol–water partition coefficient (Wildman–Crippen LogP) is 3.77. The highest BCUT2D eigenvalue weighted by Crippen LogP contribution is 2.49. The third-order valence-corrected chi connectivity index (χ3v) is 5.37. The first-order chi connectivity index (χ1) is 8.90. The van der Waals surface area contributed by atoms with Crippen molar-refractivity contribution in [2.75, 3.05) is 20.2 Å². The van der Waals surface area contributed by atoms with Gasteiger partial charge in [-0.2, -0.15) is 0 Å². The molecular weight excluding hydrogens is 257 g/mol. The Kier molecular flexibility index (Phi) is 6.25. The summed E-state index contributed by atoms with van der Waals surface area (Å²) in [6.07, 6.45) is 0. The van der Waals surface area contributed by atoms with Gasteiger partial charge in [-0.15, -0.1) is 0 Å². The lowest BCUT2D eigenvalue weighted by Gasteiger charge is -2.32. The molecule has 0 aliphatic rings. The minimum atomic E-state index is -2.94. The molecule has 3 nitrogen and oxygen atoms in total. The summed E-state index contributed by atoms with van der Waals surface area (Å²) in [5.74, 6) is 0.900. The Morgan fingerprint density at radius 1 is 1.05 bits per heavy atom. The summed E-state index contributed by atoms with van der Waals surface area (Å²) in [6, 6.07) is 9.52. The topological polar surface area (TPSA) is 29.5 Å². The van der Waals surface area contributed by atoms with Gasteiger partial charge in [0.25, 0.3) is 0 Å². The molecule has 0 saturated heterocycles. The summed E-state index contributed by atoms with van der Waals surface area (Å²) in [5.41, 5.74) is 0. The quantitative estimate of drug-likeness (QED) is 0.713. The van der Waals surface area contributed by atoms with E-state index in [0.29, 0.717) is 11.8 Å². The molecule has 0 N–H and O–H groups in total. The largest absolute Gasteiger partial charge is 0.317 e. The third-order valence-electron chi connectivity index (χ3n) is 2.85. The van der Waals surface area contributed by atoms with Crippen molar-refractivity contribution >= 4 is 12.8 Å². The van der Waals surface area contributed by atoms with Gasteiger partial charge in [0.2, 0.25) is 0 Å². The zero-order valence-corrected chi connectivity index (χ0v) is 13.6. The van der Waals surface area contributed by atoms with E-state index >= 15 is 0 Å². The van der Waals surface area contributed by atoms with Gasteiger partial charge in [0.1, 0.15) is 0 Å². The molecule has 0 aromatic heterocycles. The molecule has 1 rings (SSSR count). The van der Waals surface area contributed by atoms with Crippen LogP contribution in [0.3, 0.4) is 0 Å². The first kappa shape index (κ1) is 16.4. The molecule has 0 heterocycles. The van der Waals surface area contributed by atoms with E-state index in [4.69, 9.17) is 4.52 Å². The maximum Gasteiger partial charge on any atom is 0.302 e. The Morgan fingerprint density at radius 2 is 1.53 bits per heavy atom. The zero-order valence-electron chi connectivity index (χ0n) is 12.7. The highest BCUT2D eigenvalue weighted by atomic mass is 31.2. The van der Waals surface area contributed by atoms with E-state index in [-0.39, 0.29) is 0 Å². The first-order valence-electron chi connectivity index (χ1n) is 6.87. The molecule has 0 saturated carbocycles. The molecule has 1 aromatic rings. The monoisotopic (exact) mass is 283 g/mol. The predicted molar refractivity (Wildman–Crippen MR) is 81.9 cm³/mol. The van der Waals surface area contributed by atoms with Crippen molar-refractivity contribution in [2.24, 2.45) is 11.8 Å². The molecule has 0 spiro atoms. The number of hydrogen-bond acceptors (Lipinski definition) is 2. The molecule has 0 radical (unpaired) electrons. The van der Waals surface area contributed by atoms with Gasteiger partial charge in [0.05, 0.1) is 5.30 Å². The third kappa shape index (κ3) is 4.45. The van der Waals surface area contributed by atoms with Crippen molar-refractivity contribution in [1.29, 1.82) is 0 Å². The first-order valence-corrected chi connectivity index (χ1v) is 8.44. The molecule has 0 amide bonds. The molecule has 1 aromatic carbocycles. The van der Waals surface area contributed by atoms with Gasteiger partial charge >= 0.3 is 7.52 Å². The lowest BCUT2D eigenvalue weighted by atomic mass is 10.2. The summed E-state index contributed by atoms with van der Waals surface area (Å²) in [7, 11) is -1.39. The van der Waals surface area contributed by atoms with Crippen molar-refractivity contribution in [3.05, 3.63) is 30.3 Å². The summed E-state index contributed by atoms with van der Waals surface area (Å²) < 4.78 is 20.7. The molecule has 0 fully saturated rings. The Hall–Kier alpha value is -0.630. The van der Waals surface area contributed by atoms with Gasteiger partial charge in [-0.25, -0.2) is 4.67 Å². The second-order valence-corrected chi connectivity index (χ2v) is 8.19. The van der Waals surface area contributed by atoms with Crippen LogP contribution in [-0.2, 0) is 9.09 Å². The molecular formula is C15H26NO2P. The number of rotatable bonds is 7. The average Bonchev–Trinajstić information content (AvgIpc) is 2.37. The highest BCUT2D eigenvalue weighted by Gasteiger charge is 2.33. The lowest BCUT2D eigenvalue weighted by Crippen LogP contribution is -2.33. The second kappa shape index (κ2) is 7.23. The van der Waals surface area contributed by atoms with Crippen LogP contribution in [0, 0.1) is 11.8 Å². The lowest BCUT2D eigenvalue weighted by molar-refractivity contribution is 0.276. The van der Waals surface area contributed by atoms with Crippen molar-refractivity contribution in [3.63, 3.8) is 0 Å². The molecule has 4 heteroatoms. The van der Waals surface area contributed by atoms with Crippen molar-refractivity contribution in [2.45, 2.75) is 27.7 Å². The molecule has 0 aliphatic heterocycles. The van der Waals surface area contributed by atoms with Crippen LogP contribution in [0.4, 0.5) is 0 Å². The van der Waals surface area contributed by atoms with E-state index in [9.17, 15) is 4.57 Å². The van der Waals surface area contributed by atoms with Crippen LogP contribution in [0.1, 0.15) is 27.7 Å². The molecule has 0 aliphatic carbocycles. The SMILES string of the molecule is COP(=O)(c1ccccc1)N(CC(C)C)CC(C)C. The normalized spacial score (nSPS) is 15.2. The molecule has 108 valence electrons. The van der Waals surface area contributed by atoms with Gasteiger partial charge in [-0.3, -0.25) is 4.57 Å². The molecule has 0 bridgehead atoms. The Morgan fingerprint density at radius 3 is 1.89 bits per heavy atom. The fourth-order valence-corrected chi connectivity index (χ4v) is 4.53. The maximum atomic E-state index is 13.3. The molecule has 19 heavy (non-hydrogen) atoms. The van der Waals surface area contributed by atoms with E-state index in [0.717, 1.165) is 18.4 Å². The fourth-order valence-electron chi connectivity index (χ4n) is 2.13. The smallest absolute Gasteiger partial charge is 0.302 e. The summed E-state index contributed by atoms with van der Waals surface area (Å²) in [4.78, 5) is 0. The van der Waals surface area contributed by atoms with Crippen LogP contribution in [0.5, 0.6) is 0 Å². The minimum Gasteiger partial charge on any atom is -0.317 e. The Balaban J connectivity index is 3.10. The van der Waals surface area contributed by atoms with Gasteiger partial charge in [-0.1, -0.05) is 45.9 Å². The van der Waals surface area contributed by atoms with Gasteiger partial charge in [0, 0.05) is 20.2 Å². The van der Waals surface area contributed by atoms with Crippen LogP contribution in [0.2, 0.25) is 0 Å². The van der Waals surface area contributed by atoms with E-state index in [2.05, 4.69) is 27.7 Å². The zero-order chi connectivity index (χ0) is 14.5. The van der Waals surface area contributed by atoms with Crippen LogP contribution < -0.4 is 5.30 Å². The molecule has 1 atom stereocenters. The Labute approximate surface area is 117 Å². The van der Waals surface area contributed by atoms with Gasteiger partial charge in [-0.05, 0) is 24.0 Å². The van der Waals surface area contributed by atoms with Crippen LogP contribution in [-0.4, -0.2) is 24.9 Å². The fraction of sp³-hybridized carbons (Fsp3) is 0.600. The van der Waals surface area contributed by atoms with Crippen molar-refractivity contribution in [3.8, 4) is 0 Å². The van der Waals surface area contributed by atoms with Crippen LogP contribution in [0.15, 0.2) is 30.3 Å². The van der Waals surface area contributed by atoms with E-state index < -0.39 is 7.52 Å².